The minimum absolute atomic E-state index is 0.00620. The van der Waals surface area contributed by atoms with Crippen LogP contribution >= 0.6 is 10.3 Å². The van der Waals surface area contributed by atoms with Crippen LogP contribution in [0.4, 0.5) is 0 Å². The number of hydrogen-bond acceptors (Lipinski definition) is 3. The molecule has 0 aliphatic heterocycles. The Bertz CT molecular complexity index is 1470. The van der Waals surface area contributed by atoms with Gasteiger partial charge in [-0.3, -0.25) is 0 Å². The highest BCUT2D eigenvalue weighted by Crippen LogP contribution is 2.70. The van der Waals surface area contributed by atoms with Gasteiger partial charge in [-0.15, -0.1) is 0 Å². The van der Waals surface area contributed by atoms with Gasteiger partial charge >= 0.3 is 10.1 Å². The van der Waals surface area contributed by atoms with Crippen molar-refractivity contribution >= 4 is 20.4 Å². The number of aryl methyl sites for hydroxylation is 1. The average molecular weight is 561 g/mol. The Balaban J connectivity index is 2.05. The van der Waals surface area contributed by atoms with Gasteiger partial charge in [0.05, 0.1) is 4.90 Å². The molecule has 0 saturated heterocycles. The van der Waals surface area contributed by atoms with Gasteiger partial charge in [0.1, 0.15) is 0 Å². The highest BCUT2D eigenvalue weighted by molar-refractivity contribution is 8.33. The molecule has 0 amide bonds. The van der Waals surface area contributed by atoms with Crippen molar-refractivity contribution in [2.45, 2.75) is 85.8 Å². The van der Waals surface area contributed by atoms with E-state index < -0.39 is 20.4 Å². The predicted octanol–water partition coefficient (Wildman–Crippen LogP) is 9.97. The fraction of sp³-hybridized carbons (Fsp3) is 0.294. The molecule has 0 atom stereocenters. The first-order chi connectivity index (χ1) is 18.5. The molecule has 0 aliphatic rings. The summed E-state index contributed by atoms with van der Waals surface area (Å²) in [5.74, 6) is 0.461. The van der Waals surface area contributed by atoms with Crippen LogP contribution in [0.3, 0.4) is 0 Å². The minimum atomic E-state index is -4.21. The standard InChI is InChI=1S/C34H40O3S2/c1-24(2)31-22-23-32(34(26(5)6)33(31)25(3)4)39(35,36)37-38(28-14-10-8-11-15-28,29-16-12-9-13-17-29)30-20-18-27(7)19-21-30/h8-26H,1-7H3. The number of benzene rings is 4. The van der Waals surface area contributed by atoms with E-state index in [0.29, 0.717) is 0 Å². The zero-order valence-electron chi connectivity index (χ0n) is 24.0. The van der Waals surface area contributed by atoms with Crippen LogP contribution in [0.25, 0.3) is 0 Å². The summed E-state index contributed by atoms with van der Waals surface area (Å²) in [6, 6.07) is 31.4. The molecule has 0 heterocycles. The van der Waals surface area contributed by atoms with Crippen molar-refractivity contribution in [1.82, 2.24) is 0 Å². The minimum Gasteiger partial charge on any atom is -0.203 e. The van der Waals surface area contributed by atoms with E-state index >= 15 is 0 Å². The van der Waals surface area contributed by atoms with E-state index in [1.807, 2.05) is 97.9 Å². The van der Waals surface area contributed by atoms with Crippen LogP contribution in [0.15, 0.2) is 117 Å². The summed E-state index contributed by atoms with van der Waals surface area (Å²) >= 11 is 0. The van der Waals surface area contributed by atoms with Gasteiger partial charge in [-0.1, -0.05) is 102 Å². The van der Waals surface area contributed by atoms with Crippen molar-refractivity contribution in [2.75, 3.05) is 0 Å². The van der Waals surface area contributed by atoms with Crippen molar-refractivity contribution in [3.63, 3.8) is 0 Å². The van der Waals surface area contributed by atoms with E-state index in [1.165, 1.54) is 5.56 Å². The van der Waals surface area contributed by atoms with Gasteiger partial charge in [-0.25, -0.2) is 3.63 Å². The molecule has 3 nitrogen and oxygen atoms in total. The number of rotatable bonds is 9. The molecular weight excluding hydrogens is 521 g/mol. The zero-order valence-corrected chi connectivity index (χ0v) is 25.6. The molecule has 4 aromatic rings. The quantitative estimate of drug-likeness (QED) is 0.205. The van der Waals surface area contributed by atoms with Gasteiger partial charge in [-0.2, -0.15) is 8.42 Å². The second-order valence-electron chi connectivity index (χ2n) is 11.0. The molecule has 0 fully saturated rings. The fourth-order valence-electron chi connectivity index (χ4n) is 5.25. The maximum atomic E-state index is 14.6. The monoisotopic (exact) mass is 560 g/mol. The highest BCUT2D eigenvalue weighted by Gasteiger charge is 2.39. The summed E-state index contributed by atoms with van der Waals surface area (Å²) in [7, 11) is -6.85. The molecular formula is C34H40O3S2. The fourth-order valence-corrected chi connectivity index (χ4v) is 10.8. The van der Waals surface area contributed by atoms with Crippen LogP contribution in [0.5, 0.6) is 0 Å². The van der Waals surface area contributed by atoms with Gasteiger partial charge in [0.2, 0.25) is 0 Å². The smallest absolute Gasteiger partial charge is 0.203 e. The second-order valence-corrected chi connectivity index (χ2v) is 15.4. The Hall–Kier alpha value is -2.86. The molecule has 0 aromatic heterocycles. The van der Waals surface area contributed by atoms with E-state index in [4.69, 9.17) is 3.63 Å². The Labute approximate surface area is 236 Å². The molecule has 0 N–H and O–H groups in total. The molecule has 5 heteroatoms. The SMILES string of the molecule is Cc1ccc(S(OS(=O)(=O)c2ccc(C(C)C)c(C(C)C)c2C(C)C)(c2ccccc2)c2ccccc2)cc1. The van der Waals surface area contributed by atoms with Gasteiger partial charge in [0.15, 0.2) is 0 Å². The molecule has 0 spiro atoms. The van der Waals surface area contributed by atoms with E-state index in [0.717, 1.165) is 31.4 Å². The third-order valence-electron chi connectivity index (χ3n) is 7.02. The topological polar surface area (TPSA) is 43.4 Å². The largest absolute Gasteiger partial charge is 0.307 e. The van der Waals surface area contributed by atoms with Crippen LogP contribution in [-0.2, 0) is 13.7 Å². The summed E-state index contributed by atoms with van der Waals surface area (Å²) in [4.78, 5) is 2.76. The lowest BCUT2D eigenvalue weighted by atomic mass is 9.83. The molecule has 39 heavy (non-hydrogen) atoms. The van der Waals surface area contributed by atoms with E-state index in [9.17, 15) is 8.42 Å². The first-order valence-electron chi connectivity index (χ1n) is 13.6. The van der Waals surface area contributed by atoms with Gasteiger partial charge < -0.3 is 0 Å². The molecule has 0 aliphatic carbocycles. The third kappa shape index (κ3) is 5.72. The van der Waals surface area contributed by atoms with Crippen molar-refractivity contribution < 1.29 is 12.0 Å². The molecule has 0 bridgehead atoms. The molecule has 0 saturated carbocycles. The Morgan fingerprint density at radius 1 is 0.538 bits per heavy atom. The van der Waals surface area contributed by atoms with Crippen LogP contribution in [0.1, 0.15) is 81.5 Å². The Morgan fingerprint density at radius 3 is 1.44 bits per heavy atom. The number of hydrogen-bond donors (Lipinski definition) is 0. The van der Waals surface area contributed by atoms with Crippen molar-refractivity contribution in [2.24, 2.45) is 0 Å². The summed E-state index contributed by atoms with van der Waals surface area (Å²) < 4.78 is 35.9. The average Bonchev–Trinajstić information content (AvgIpc) is 2.92. The first-order valence-corrected chi connectivity index (χ1v) is 16.6. The van der Waals surface area contributed by atoms with Crippen LogP contribution in [0, 0.1) is 6.92 Å². The van der Waals surface area contributed by atoms with E-state index in [2.05, 4.69) is 41.5 Å². The van der Waals surface area contributed by atoms with E-state index in [1.54, 1.807) is 6.07 Å². The zero-order chi connectivity index (χ0) is 28.4. The van der Waals surface area contributed by atoms with Crippen molar-refractivity contribution in [3.8, 4) is 0 Å². The van der Waals surface area contributed by atoms with Crippen molar-refractivity contribution in [1.29, 1.82) is 0 Å². The predicted molar refractivity (Wildman–Crippen MR) is 163 cm³/mol. The van der Waals surface area contributed by atoms with Crippen LogP contribution < -0.4 is 0 Å². The van der Waals surface area contributed by atoms with Gasteiger partial charge in [0.25, 0.3) is 0 Å². The third-order valence-corrected chi connectivity index (χ3v) is 12.3. The maximum absolute atomic E-state index is 14.6. The molecule has 0 unspecified atom stereocenters. The molecule has 4 aromatic carbocycles. The van der Waals surface area contributed by atoms with Gasteiger partial charge in [-0.05, 0) is 94.1 Å². The van der Waals surface area contributed by atoms with Crippen LogP contribution in [0.2, 0.25) is 0 Å². The maximum Gasteiger partial charge on any atom is 0.307 e. The van der Waals surface area contributed by atoms with E-state index in [-0.39, 0.29) is 22.6 Å². The summed E-state index contributed by atoms with van der Waals surface area (Å²) in [5, 5.41) is 0. The molecule has 206 valence electrons. The lowest BCUT2D eigenvalue weighted by Crippen LogP contribution is -2.18. The highest BCUT2D eigenvalue weighted by atomic mass is 32.3. The van der Waals surface area contributed by atoms with Gasteiger partial charge in [0, 0.05) is 14.7 Å². The Morgan fingerprint density at radius 2 is 1.00 bits per heavy atom. The normalized spacial score (nSPS) is 12.9. The summed E-state index contributed by atoms with van der Waals surface area (Å²) in [6.45, 7) is 14.8. The summed E-state index contributed by atoms with van der Waals surface area (Å²) in [6.07, 6.45) is 0. The second kappa shape index (κ2) is 11.7. The lowest BCUT2D eigenvalue weighted by molar-refractivity contribution is 0.505. The molecule has 0 radical (unpaired) electrons. The first kappa shape index (κ1) is 29.1. The van der Waals surface area contributed by atoms with Crippen LogP contribution in [-0.4, -0.2) is 8.42 Å². The Kier molecular flexibility index (Phi) is 8.75. The lowest BCUT2D eigenvalue weighted by Gasteiger charge is -2.40. The summed E-state index contributed by atoms with van der Waals surface area (Å²) in [5.41, 5.74) is 4.26. The molecule has 4 rings (SSSR count). The van der Waals surface area contributed by atoms with Crippen molar-refractivity contribution in [3.05, 3.63) is 119 Å².